The Labute approximate surface area is 167 Å². The topological polar surface area (TPSA) is 91.2 Å². The number of H-pyrrole nitrogens is 1. The molecule has 8 nitrogen and oxygen atoms in total. The predicted octanol–water partition coefficient (Wildman–Crippen LogP) is 2.47. The summed E-state index contributed by atoms with van der Waals surface area (Å²) in [5, 5.41) is 13.1. The molecular weight excluding hydrogens is 376 g/mol. The molecule has 4 rings (SSSR count). The van der Waals surface area contributed by atoms with Gasteiger partial charge in [0.1, 0.15) is 5.69 Å². The lowest BCUT2D eigenvalue weighted by Gasteiger charge is -2.34. The van der Waals surface area contributed by atoms with Crippen LogP contribution in [-0.2, 0) is 12.8 Å². The van der Waals surface area contributed by atoms with Gasteiger partial charge in [0.05, 0.1) is 4.88 Å². The molecule has 28 heavy (non-hydrogen) atoms. The van der Waals surface area contributed by atoms with Gasteiger partial charge in [-0.3, -0.25) is 14.8 Å². The average molecular weight is 401 g/mol. The van der Waals surface area contributed by atoms with E-state index in [1.54, 1.807) is 11.3 Å². The van der Waals surface area contributed by atoms with E-state index in [0.29, 0.717) is 17.4 Å². The van der Waals surface area contributed by atoms with Crippen molar-refractivity contribution in [2.24, 2.45) is 0 Å². The molecule has 148 valence electrons. The van der Waals surface area contributed by atoms with Crippen LogP contribution < -0.4 is 0 Å². The highest BCUT2D eigenvalue weighted by Gasteiger charge is 2.23. The first-order chi connectivity index (χ1) is 13.7. The fourth-order valence-electron chi connectivity index (χ4n) is 3.31. The van der Waals surface area contributed by atoms with E-state index in [1.165, 1.54) is 0 Å². The molecule has 0 bridgehead atoms. The SMILES string of the molecule is CCc1cc(C(=O)N2CCN(CCCc3nc(-c4cccs4)no3)CC2)n[nH]1. The van der Waals surface area contributed by atoms with Crippen LogP contribution in [0.4, 0.5) is 0 Å². The van der Waals surface area contributed by atoms with Crippen LogP contribution in [0.5, 0.6) is 0 Å². The first-order valence-electron chi connectivity index (χ1n) is 9.65. The smallest absolute Gasteiger partial charge is 0.274 e. The summed E-state index contributed by atoms with van der Waals surface area (Å²) in [5.74, 6) is 1.37. The van der Waals surface area contributed by atoms with E-state index in [-0.39, 0.29) is 5.91 Å². The molecule has 1 aliphatic rings. The van der Waals surface area contributed by atoms with Gasteiger partial charge in [-0.05, 0) is 36.9 Å². The van der Waals surface area contributed by atoms with Crippen LogP contribution in [0.2, 0.25) is 0 Å². The van der Waals surface area contributed by atoms with Gasteiger partial charge in [0.2, 0.25) is 11.7 Å². The minimum absolute atomic E-state index is 0.0163. The number of aromatic amines is 1. The summed E-state index contributed by atoms with van der Waals surface area (Å²) in [7, 11) is 0. The Hall–Kier alpha value is -2.52. The Morgan fingerprint density at radius 3 is 2.89 bits per heavy atom. The van der Waals surface area contributed by atoms with Gasteiger partial charge in [0, 0.05) is 38.3 Å². The monoisotopic (exact) mass is 400 g/mol. The molecule has 1 saturated heterocycles. The Morgan fingerprint density at radius 1 is 1.32 bits per heavy atom. The molecule has 0 saturated carbocycles. The number of thiophene rings is 1. The molecule has 0 radical (unpaired) electrons. The van der Waals surface area contributed by atoms with Crippen LogP contribution in [0.1, 0.15) is 35.4 Å². The van der Waals surface area contributed by atoms with Crippen molar-refractivity contribution in [2.45, 2.75) is 26.2 Å². The number of hydrogen-bond acceptors (Lipinski definition) is 7. The number of aromatic nitrogens is 4. The lowest BCUT2D eigenvalue weighted by atomic mass is 10.2. The minimum atomic E-state index is 0.0163. The van der Waals surface area contributed by atoms with Crippen molar-refractivity contribution in [3.05, 3.63) is 40.9 Å². The van der Waals surface area contributed by atoms with Crippen LogP contribution in [0.25, 0.3) is 10.7 Å². The predicted molar refractivity (Wildman–Crippen MR) is 106 cm³/mol. The molecule has 9 heteroatoms. The molecule has 0 atom stereocenters. The molecule has 1 amide bonds. The number of carbonyl (C=O) groups is 1. The van der Waals surface area contributed by atoms with Gasteiger partial charge in [-0.2, -0.15) is 10.1 Å². The van der Waals surface area contributed by atoms with Gasteiger partial charge in [0.15, 0.2) is 0 Å². The van der Waals surface area contributed by atoms with E-state index >= 15 is 0 Å². The summed E-state index contributed by atoms with van der Waals surface area (Å²) >= 11 is 1.61. The first kappa shape index (κ1) is 18.8. The molecule has 3 aromatic rings. The second-order valence-corrected chi connectivity index (χ2v) is 7.81. The zero-order valence-corrected chi connectivity index (χ0v) is 16.7. The third-order valence-corrected chi connectivity index (χ3v) is 5.83. The zero-order chi connectivity index (χ0) is 19.3. The number of aryl methyl sites for hydroxylation is 2. The lowest BCUT2D eigenvalue weighted by Crippen LogP contribution is -2.49. The third-order valence-electron chi connectivity index (χ3n) is 4.97. The molecule has 0 unspecified atom stereocenters. The summed E-state index contributed by atoms with van der Waals surface area (Å²) in [4.78, 5) is 22.3. The number of carbonyl (C=O) groups excluding carboxylic acids is 1. The summed E-state index contributed by atoms with van der Waals surface area (Å²) in [6.45, 7) is 6.22. The van der Waals surface area contributed by atoms with Crippen molar-refractivity contribution in [1.29, 1.82) is 0 Å². The number of hydrogen-bond donors (Lipinski definition) is 1. The third kappa shape index (κ3) is 4.31. The Balaban J connectivity index is 1.20. The summed E-state index contributed by atoms with van der Waals surface area (Å²) < 4.78 is 5.35. The fourth-order valence-corrected chi connectivity index (χ4v) is 3.95. The maximum Gasteiger partial charge on any atom is 0.274 e. The van der Waals surface area contributed by atoms with Gasteiger partial charge in [-0.15, -0.1) is 11.3 Å². The quantitative estimate of drug-likeness (QED) is 0.655. The molecule has 0 aromatic carbocycles. The van der Waals surface area contributed by atoms with Gasteiger partial charge in [0.25, 0.3) is 5.91 Å². The maximum absolute atomic E-state index is 12.5. The van der Waals surface area contributed by atoms with E-state index in [4.69, 9.17) is 4.52 Å². The molecular formula is C19H24N6O2S. The Bertz CT molecular complexity index is 895. The summed E-state index contributed by atoms with van der Waals surface area (Å²) in [6.07, 6.45) is 2.58. The van der Waals surface area contributed by atoms with Crippen molar-refractivity contribution in [2.75, 3.05) is 32.7 Å². The van der Waals surface area contributed by atoms with Crippen LogP contribution in [0, 0.1) is 0 Å². The standard InChI is InChI=1S/C19H24N6O2S/c1-2-14-13-15(22-21-14)19(26)25-10-8-24(9-11-25)7-3-6-17-20-18(23-27-17)16-5-4-12-28-16/h4-5,12-13H,2-3,6-11H2,1H3,(H,21,22). The number of rotatable bonds is 7. The number of piperazine rings is 1. The molecule has 4 heterocycles. The number of amides is 1. The van der Waals surface area contributed by atoms with Crippen LogP contribution in [0.15, 0.2) is 28.1 Å². The van der Waals surface area contributed by atoms with Crippen molar-refractivity contribution in [3.63, 3.8) is 0 Å². The summed E-state index contributed by atoms with van der Waals surface area (Å²) in [5.41, 5.74) is 1.51. The number of nitrogens with zero attached hydrogens (tertiary/aromatic N) is 5. The largest absolute Gasteiger partial charge is 0.339 e. The maximum atomic E-state index is 12.5. The van der Waals surface area contributed by atoms with E-state index in [9.17, 15) is 4.79 Å². The fraction of sp³-hybridized carbons (Fsp3) is 0.474. The first-order valence-corrected chi connectivity index (χ1v) is 10.5. The second-order valence-electron chi connectivity index (χ2n) is 6.86. The van der Waals surface area contributed by atoms with Crippen LogP contribution in [-0.4, -0.2) is 68.8 Å². The van der Waals surface area contributed by atoms with Crippen molar-refractivity contribution in [3.8, 4) is 10.7 Å². The normalized spacial score (nSPS) is 15.2. The second kappa shape index (κ2) is 8.66. The molecule has 0 aliphatic carbocycles. The highest BCUT2D eigenvalue weighted by molar-refractivity contribution is 7.13. The van der Waals surface area contributed by atoms with Crippen molar-refractivity contribution >= 4 is 17.2 Å². The molecule has 3 aromatic heterocycles. The van der Waals surface area contributed by atoms with Gasteiger partial charge in [-0.1, -0.05) is 18.1 Å². The van der Waals surface area contributed by atoms with Gasteiger partial charge >= 0.3 is 0 Å². The van der Waals surface area contributed by atoms with Gasteiger partial charge in [-0.25, -0.2) is 0 Å². The zero-order valence-electron chi connectivity index (χ0n) is 15.9. The van der Waals surface area contributed by atoms with Crippen molar-refractivity contribution in [1.82, 2.24) is 30.1 Å². The van der Waals surface area contributed by atoms with E-state index < -0.39 is 0 Å². The van der Waals surface area contributed by atoms with E-state index in [1.807, 2.05) is 35.4 Å². The highest BCUT2D eigenvalue weighted by atomic mass is 32.1. The van der Waals surface area contributed by atoms with E-state index in [0.717, 1.165) is 62.6 Å². The van der Waals surface area contributed by atoms with E-state index in [2.05, 4.69) is 25.2 Å². The minimum Gasteiger partial charge on any atom is -0.339 e. The Morgan fingerprint density at radius 2 is 2.18 bits per heavy atom. The molecule has 1 fully saturated rings. The highest BCUT2D eigenvalue weighted by Crippen LogP contribution is 2.21. The average Bonchev–Trinajstić information content (AvgIpc) is 3.48. The molecule has 1 aliphatic heterocycles. The Kier molecular flexibility index (Phi) is 5.82. The van der Waals surface area contributed by atoms with Gasteiger partial charge < -0.3 is 9.42 Å². The molecule has 1 N–H and O–H groups in total. The summed E-state index contributed by atoms with van der Waals surface area (Å²) in [6, 6.07) is 5.82. The van der Waals surface area contributed by atoms with Crippen LogP contribution >= 0.6 is 11.3 Å². The molecule has 0 spiro atoms. The number of nitrogens with one attached hydrogen (secondary N) is 1. The van der Waals surface area contributed by atoms with Crippen molar-refractivity contribution < 1.29 is 9.32 Å². The lowest BCUT2D eigenvalue weighted by molar-refractivity contribution is 0.0630. The van der Waals surface area contributed by atoms with Crippen LogP contribution in [0.3, 0.4) is 0 Å².